The topological polar surface area (TPSA) is 39.7 Å². The Bertz CT molecular complexity index is 353. The lowest BCUT2D eigenvalue weighted by molar-refractivity contribution is 0.104. The minimum Gasteiger partial charge on any atom is -0.356 e. The Morgan fingerprint density at radius 2 is 2.00 bits per heavy atom. The number of likely N-dealkylation sites (N-methyl/N-ethyl adjacent to an activating group) is 1. The van der Waals surface area contributed by atoms with Gasteiger partial charge in [0.2, 0.25) is 0 Å². The Hall–Kier alpha value is -0.0400. The van der Waals surface area contributed by atoms with Gasteiger partial charge in [-0.1, -0.05) is 20.3 Å². The van der Waals surface area contributed by atoms with Crippen LogP contribution in [0.4, 0.5) is 0 Å². The molecule has 1 unspecified atom stereocenters. The van der Waals surface area contributed by atoms with Crippen molar-refractivity contribution in [2.24, 2.45) is 16.3 Å². The molecule has 0 radical (unpaired) electrons. The summed E-state index contributed by atoms with van der Waals surface area (Å²) < 4.78 is 0. The van der Waals surface area contributed by atoms with Gasteiger partial charge < -0.3 is 15.5 Å². The molecular formula is C17H35IN4. The molecule has 5 heteroatoms. The van der Waals surface area contributed by atoms with Crippen molar-refractivity contribution in [3.05, 3.63) is 0 Å². The Morgan fingerprint density at radius 3 is 2.45 bits per heavy atom. The van der Waals surface area contributed by atoms with E-state index in [1.165, 1.54) is 45.1 Å². The average Bonchev–Trinajstić information content (AvgIpc) is 2.80. The highest BCUT2D eigenvalue weighted by atomic mass is 127. The first kappa shape index (κ1) is 20.0. The maximum absolute atomic E-state index is 4.39. The first-order chi connectivity index (χ1) is 10.0. The number of halogens is 1. The number of nitrogens with one attached hydrogen (secondary N) is 2. The minimum absolute atomic E-state index is 0. The normalized spacial score (nSPS) is 24.8. The Balaban J connectivity index is 0.00000242. The molecule has 1 saturated carbocycles. The monoisotopic (exact) mass is 422 g/mol. The fraction of sp³-hybridized carbons (Fsp3) is 0.941. The summed E-state index contributed by atoms with van der Waals surface area (Å²) in [6, 6.07) is 0.664. The van der Waals surface area contributed by atoms with Gasteiger partial charge in [-0.15, -0.1) is 24.0 Å². The van der Waals surface area contributed by atoms with Gasteiger partial charge in [0.25, 0.3) is 0 Å². The Kier molecular flexibility index (Phi) is 8.46. The van der Waals surface area contributed by atoms with Crippen LogP contribution >= 0.6 is 24.0 Å². The molecule has 130 valence electrons. The summed E-state index contributed by atoms with van der Waals surface area (Å²) in [5, 5.41) is 7.09. The van der Waals surface area contributed by atoms with Gasteiger partial charge in [0.15, 0.2) is 5.96 Å². The van der Waals surface area contributed by atoms with Crippen molar-refractivity contribution < 1.29 is 0 Å². The first-order valence-electron chi connectivity index (χ1n) is 8.69. The van der Waals surface area contributed by atoms with E-state index in [9.17, 15) is 0 Å². The van der Waals surface area contributed by atoms with Crippen LogP contribution in [0.3, 0.4) is 0 Å². The number of hydrogen-bond donors (Lipinski definition) is 2. The molecule has 0 bridgehead atoms. The van der Waals surface area contributed by atoms with Crippen LogP contribution in [-0.4, -0.2) is 50.6 Å². The molecular weight excluding hydrogens is 387 g/mol. The molecule has 0 aromatic heterocycles. The average molecular weight is 422 g/mol. The summed E-state index contributed by atoms with van der Waals surface area (Å²) in [6.45, 7) is 7.99. The molecule has 2 aliphatic rings. The smallest absolute Gasteiger partial charge is 0.191 e. The largest absolute Gasteiger partial charge is 0.356 e. The highest BCUT2D eigenvalue weighted by Crippen LogP contribution is 2.45. The van der Waals surface area contributed by atoms with Crippen molar-refractivity contribution in [1.82, 2.24) is 15.5 Å². The second-order valence-corrected chi connectivity index (χ2v) is 7.53. The molecule has 2 fully saturated rings. The van der Waals surface area contributed by atoms with E-state index >= 15 is 0 Å². The number of guanidine groups is 1. The summed E-state index contributed by atoms with van der Waals surface area (Å²) in [6.07, 6.45) is 8.11. The zero-order chi connectivity index (χ0) is 15.3. The van der Waals surface area contributed by atoms with E-state index in [2.05, 4.69) is 41.4 Å². The number of hydrogen-bond acceptors (Lipinski definition) is 2. The number of nitrogens with zero attached hydrogens (tertiary/aromatic N) is 2. The molecule has 0 amide bonds. The third-order valence-corrected chi connectivity index (χ3v) is 5.29. The van der Waals surface area contributed by atoms with Gasteiger partial charge in [-0.2, -0.15) is 0 Å². The summed E-state index contributed by atoms with van der Waals surface area (Å²) >= 11 is 0. The summed E-state index contributed by atoms with van der Waals surface area (Å²) in [5.41, 5.74) is 0.524. The van der Waals surface area contributed by atoms with Crippen LogP contribution in [-0.2, 0) is 0 Å². The fourth-order valence-corrected chi connectivity index (χ4v) is 3.94. The van der Waals surface area contributed by atoms with Gasteiger partial charge >= 0.3 is 0 Å². The van der Waals surface area contributed by atoms with Crippen LogP contribution in [0.15, 0.2) is 4.99 Å². The van der Waals surface area contributed by atoms with Gasteiger partial charge in [0.05, 0.1) is 0 Å². The first-order valence-corrected chi connectivity index (χ1v) is 8.69. The second-order valence-electron chi connectivity index (χ2n) is 7.53. The SMILES string of the molecule is CN=C(NCC1CCCN1C)NCC1(CC(C)C)CCC1.I. The molecule has 4 nitrogen and oxygen atoms in total. The molecule has 1 aliphatic carbocycles. The maximum atomic E-state index is 4.39. The zero-order valence-electron chi connectivity index (χ0n) is 14.8. The van der Waals surface area contributed by atoms with Crippen molar-refractivity contribution in [3.8, 4) is 0 Å². The van der Waals surface area contributed by atoms with Gasteiger partial charge in [0, 0.05) is 26.2 Å². The van der Waals surface area contributed by atoms with Crippen LogP contribution < -0.4 is 10.6 Å². The van der Waals surface area contributed by atoms with Crippen LogP contribution in [0.5, 0.6) is 0 Å². The standard InChI is InChI=1S/C17H34N4.HI/c1-14(2)11-17(8-6-9-17)13-20-16(18-3)19-12-15-7-5-10-21(15)4;/h14-15H,5-13H2,1-4H3,(H2,18,19,20);1H. The predicted octanol–water partition coefficient (Wildman–Crippen LogP) is 3.08. The van der Waals surface area contributed by atoms with Crippen LogP contribution in [0.1, 0.15) is 52.4 Å². The van der Waals surface area contributed by atoms with Crippen LogP contribution in [0, 0.1) is 11.3 Å². The van der Waals surface area contributed by atoms with Crippen LogP contribution in [0.2, 0.25) is 0 Å². The van der Waals surface area contributed by atoms with E-state index < -0.39 is 0 Å². The Labute approximate surface area is 153 Å². The zero-order valence-corrected chi connectivity index (χ0v) is 17.2. The summed E-state index contributed by atoms with van der Waals surface area (Å²) in [7, 11) is 4.10. The molecule has 1 atom stereocenters. The lowest BCUT2D eigenvalue weighted by Crippen LogP contribution is -2.49. The molecule has 0 spiro atoms. The van der Waals surface area contributed by atoms with Gasteiger partial charge in [-0.3, -0.25) is 4.99 Å². The molecule has 1 aliphatic heterocycles. The summed E-state index contributed by atoms with van der Waals surface area (Å²) in [4.78, 5) is 6.84. The number of rotatable bonds is 6. The molecule has 0 aromatic rings. The predicted molar refractivity (Wildman–Crippen MR) is 106 cm³/mol. The molecule has 22 heavy (non-hydrogen) atoms. The molecule has 2 N–H and O–H groups in total. The van der Waals surface area contributed by atoms with Crippen molar-refractivity contribution in [2.45, 2.75) is 58.4 Å². The highest BCUT2D eigenvalue weighted by Gasteiger charge is 2.37. The minimum atomic E-state index is 0. The van der Waals surface area contributed by atoms with E-state index in [0.29, 0.717) is 11.5 Å². The number of aliphatic imine (C=N–C) groups is 1. The lowest BCUT2D eigenvalue weighted by atomic mass is 9.64. The Morgan fingerprint density at radius 1 is 1.27 bits per heavy atom. The van der Waals surface area contributed by atoms with E-state index in [1.54, 1.807) is 0 Å². The maximum Gasteiger partial charge on any atom is 0.191 e. The van der Waals surface area contributed by atoms with E-state index in [-0.39, 0.29) is 24.0 Å². The lowest BCUT2D eigenvalue weighted by Gasteiger charge is -2.43. The van der Waals surface area contributed by atoms with Crippen molar-refractivity contribution in [1.29, 1.82) is 0 Å². The van der Waals surface area contributed by atoms with Gasteiger partial charge in [-0.05, 0) is 57.0 Å². The third-order valence-electron chi connectivity index (χ3n) is 5.29. The summed E-state index contributed by atoms with van der Waals surface area (Å²) in [5.74, 6) is 1.76. The quantitative estimate of drug-likeness (QED) is 0.393. The molecule has 2 rings (SSSR count). The van der Waals surface area contributed by atoms with Crippen molar-refractivity contribution in [2.75, 3.05) is 33.7 Å². The van der Waals surface area contributed by atoms with E-state index in [4.69, 9.17) is 0 Å². The van der Waals surface area contributed by atoms with E-state index in [0.717, 1.165) is 25.0 Å². The van der Waals surface area contributed by atoms with Crippen molar-refractivity contribution >= 4 is 29.9 Å². The van der Waals surface area contributed by atoms with Gasteiger partial charge in [0.1, 0.15) is 0 Å². The molecule has 1 heterocycles. The second kappa shape index (κ2) is 9.30. The number of likely N-dealkylation sites (tertiary alicyclic amines) is 1. The third kappa shape index (κ3) is 5.55. The molecule has 1 saturated heterocycles. The molecule has 0 aromatic carbocycles. The highest BCUT2D eigenvalue weighted by molar-refractivity contribution is 14.0. The van der Waals surface area contributed by atoms with Crippen LogP contribution in [0.25, 0.3) is 0 Å². The van der Waals surface area contributed by atoms with Crippen molar-refractivity contribution in [3.63, 3.8) is 0 Å². The fourth-order valence-electron chi connectivity index (χ4n) is 3.94. The van der Waals surface area contributed by atoms with E-state index in [1.807, 2.05) is 7.05 Å². The van der Waals surface area contributed by atoms with Gasteiger partial charge in [-0.25, -0.2) is 0 Å².